The Morgan fingerprint density at radius 3 is 2.58 bits per heavy atom. The molecule has 0 aliphatic rings. The monoisotopic (exact) mass is 281 g/mol. The van der Waals surface area contributed by atoms with E-state index in [0.717, 1.165) is 12.2 Å². The van der Waals surface area contributed by atoms with Gasteiger partial charge in [-0.05, 0) is 38.5 Å². The first kappa shape index (κ1) is 16.1. The minimum absolute atomic E-state index is 0.0241. The van der Waals surface area contributed by atoms with Gasteiger partial charge in [0.1, 0.15) is 0 Å². The summed E-state index contributed by atoms with van der Waals surface area (Å²) < 4.78 is 0. The van der Waals surface area contributed by atoms with Crippen LogP contribution in [0.25, 0.3) is 0 Å². The summed E-state index contributed by atoms with van der Waals surface area (Å²) in [6.45, 7) is 5.33. The molecule has 106 valence electrons. The van der Waals surface area contributed by atoms with E-state index in [2.05, 4.69) is 17.4 Å². The molecule has 19 heavy (non-hydrogen) atoms. The predicted octanol–water partition coefficient (Wildman–Crippen LogP) is 2.24. The number of thioether (sulfide) groups is 1. The first-order valence-electron chi connectivity index (χ1n) is 6.52. The number of hydrogen-bond donors (Lipinski definition) is 2. The summed E-state index contributed by atoms with van der Waals surface area (Å²) in [4.78, 5) is 11.7. The first-order chi connectivity index (χ1) is 8.92. The lowest BCUT2D eigenvalue weighted by atomic mass is 9.99. The smallest absolute Gasteiger partial charge is 0.230 e. The third kappa shape index (κ3) is 6.12. The van der Waals surface area contributed by atoms with Crippen molar-refractivity contribution in [3.8, 4) is 0 Å². The van der Waals surface area contributed by atoms with Crippen molar-refractivity contribution in [1.29, 1.82) is 0 Å². The zero-order valence-electron chi connectivity index (χ0n) is 11.8. The molecule has 0 aliphatic heterocycles. The summed E-state index contributed by atoms with van der Waals surface area (Å²) in [5.74, 6) is 1.33. The third-order valence-corrected chi connectivity index (χ3v) is 4.08. The molecule has 1 aromatic rings. The lowest BCUT2D eigenvalue weighted by Gasteiger charge is -2.29. The molecule has 1 unspecified atom stereocenters. The fourth-order valence-electron chi connectivity index (χ4n) is 1.50. The Labute approximate surface area is 119 Å². The highest BCUT2D eigenvalue weighted by Crippen LogP contribution is 2.10. The quantitative estimate of drug-likeness (QED) is 0.754. The number of carbonyl (C=O) groups is 1. The molecule has 1 amide bonds. The van der Waals surface area contributed by atoms with Gasteiger partial charge in [0.05, 0.1) is 17.4 Å². The maximum absolute atomic E-state index is 11.7. The SMILES string of the molecule is CC(O)C(C)(C)NC(=O)CSCCc1ccccc1. The van der Waals surface area contributed by atoms with Crippen LogP contribution in [0.4, 0.5) is 0 Å². The van der Waals surface area contributed by atoms with Crippen molar-refractivity contribution >= 4 is 17.7 Å². The summed E-state index contributed by atoms with van der Waals surface area (Å²) in [5, 5.41) is 12.4. The minimum atomic E-state index is -0.572. The second-order valence-electron chi connectivity index (χ2n) is 5.23. The van der Waals surface area contributed by atoms with E-state index in [0.29, 0.717) is 5.75 Å². The second kappa shape index (κ2) is 7.56. The molecule has 0 saturated heterocycles. The minimum Gasteiger partial charge on any atom is -0.391 e. The topological polar surface area (TPSA) is 49.3 Å². The summed E-state index contributed by atoms with van der Waals surface area (Å²) in [5.41, 5.74) is 0.719. The molecule has 0 saturated carbocycles. The van der Waals surface area contributed by atoms with Crippen LogP contribution in [0.3, 0.4) is 0 Å². The van der Waals surface area contributed by atoms with Crippen LogP contribution in [0, 0.1) is 0 Å². The lowest BCUT2D eigenvalue weighted by Crippen LogP contribution is -2.51. The van der Waals surface area contributed by atoms with Crippen molar-refractivity contribution in [2.45, 2.75) is 38.8 Å². The number of aliphatic hydroxyl groups is 1. The zero-order valence-corrected chi connectivity index (χ0v) is 12.7. The van der Waals surface area contributed by atoms with E-state index in [1.54, 1.807) is 18.7 Å². The van der Waals surface area contributed by atoms with Gasteiger partial charge in [0, 0.05) is 0 Å². The van der Waals surface area contributed by atoms with Gasteiger partial charge in [0.15, 0.2) is 0 Å². The number of hydrogen-bond acceptors (Lipinski definition) is 3. The predicted molar refractivity (Wildman–Crippen MR) is 81.4 cm³/mol. The van der Waals surface area contributed by atoms with Crippen molar-refractivity contribution in [2.24, 2.45) is 0 Å². The van der Waals surface area contributed by atoms with Crippen LogP contribution in [0.2, 0.25) is 0 Å². The van der Waals surface area contributed by atoms with Crippen LogP contribution < -0.4 is 5.32 Å². The van der Waals surface area contributed by atoms with Crippen LogP contribution in [0.5, 0.6) is 0 Å². The number of aliphatic hydroxyl groups excluding tert-OH is 1. The maximum atomic E-state index is 11.7. The molecule has 0 heterocycles. The molecule has 0 bridgehead atoms. The highest BCUT2D eigenvalue weighted by molar-refractivity contribution is 7.99. The van der Waals surface area contributed by atoms with Crippen molar-refractivity contribution in [1.82, 2.24) is 5.32 Å². The summed E-state index contributed by atoms with van der Waals surface area (Å²) in [6.07, 6.45) is 0.407. The van der Waals surface area contributed by atoms with Gasteiger partial charge in [-0.3, -0.25) is 4.79 Å². The molecule has 2 N–H and O–H groups in total. The van der Waals surface area contributed by atoms with Gasteiger partial charge in [-0.1, -0.05) is 30.3 Å². The van der Waals surface area contributed by atoms with Gasteiger partial charge in [-0.25, -0.2) is 0 Å². The average molecular weight is 281 g/mol. The molecule has 3 nitrogen and oxygen atoms in total. The molecular weight excluding hydrogens is 258 g/mol. The molecule has 1 rings (SSSR count). The Hall–Kier alpha value is -1.00. The Morgan fingerprint density at radius 2 is 2.00 bits per heavy atom. The van der Waals surface area contributed by atoms with E-state index in [4.69, 9.17) is 0 Å². The normalized spacial score (nSPS) is 13.1. The van der Waals surface area contributed by atoms with Crippen LogP contribution in [0.1, 0.15) is 26.3 Å². The number of aryl methyl sites for hydroxylation is 1. The highest BCUT2D eigenvalue weighted by atomic mass is 32.2. The Bertz CT molecular complexity index is 390. The number of amides is 1. The molecule has 1 aromatic carbocycles. The highest BCUT2D eigenvalue weighted by Gasteiger charge is 2.25. The second-order valence-corrected chi connectivity index (χ2v) is 6.34. The first-order valence-corrected chi connectivity index (χ1v) is 7.68. The van der Waals surface area contributed by atoms with E-state index < -0.39 is 11.6 Å². The van der Waals surface area contributed by atoms with Crippen LogP contribution >= 0.6 is 11.8 Å². The fraction of sp³-hybridized carbons (Fsp3) is 0.533. The standard InChI is InChI=1S/C15H23NO2S/c1-12(17)15(2,3)16-14(18)11-19-10-9-13-7-5-4-6-8-13/h4-8,12,17H,9-11H2,1-3H3,(H,16,18). The number of benzene rings is 1. The summed E-state index contributed by atoms with van der Waals surface area (Å²) in [6, 6.07) is 10.2. The van der Waals surface area contributed by atoms with Gasteiger partial charge < -0.3 is 10.4 Å². The molecule has 0 radical (unpaired) electrons. The van der Waals surface area contributed by atoms with E-state index in [1.807, 2.05) is 32.0 Å². The van der Waals surface area contributed by atoms with Crippen LogP contribution in [-0.4, -0.2) is 34.2 Å². The van der Waals surface area contributed by atoms with E-state index in [1.165, 1.54) is 5.56 Å². The molecule has 4 heteroatoms. The zero-order chi connectivity index (χ0) is 14.3. The van der Waals surface area contributed by atoms with E-state index in [9.17, 15) is 9.90 Å². The Morgan fingerprint density at radius 1 is 1.37 bits per heavy atom. The molecule has 1 atom stereocenters. The summed E-state index contributed by atoms with van der Waals surface area (Å²) >= 11 is 1.61. The third-order valence-electron chi connectivity index (χ3n) is 3.12. The van der Waals surface area contributed by atoms with Gasteiger partial charge in [-0.15, -0.1) is 0 Å². The average Bonchev–Trinajstić information content (AvgIpc) is 2.35. The lowest BCUT2D eigenvalue weighted by molar-refractivity contribution is -0.121. The van der Waals surface area contributed by atoms with Gasteiger partial charge in [0.2, 0.25) is 5.91 Å². The molecular formula is C15H23NO2S. The van der Waals surface area contributed by atoms with Gasteiger partial charge >= 0.3 is 0 Å². The molecule has 0 aromatic heterocycles. The van der Waals surface area contributed by atoms with Crippen molar-refractivity contribution in [3.05, 3.63) is 35.9 Å². The maximum Gasteiger partial charge on any atom is 0.230 e. The van der Waals surface area contributed by atoms with Crippen molar-refractivity contribution in [2.75, 3.05) is 11.5 Å². The molecule has 0 aliphatic carbocycles. The largest absolute Gasteiger partial charge is 0.391 e. The molecule has 0 fully saturated rings. The number of nitrogens with one attached hydrogen (secondary N) is 1. The Balaban J connectivity index is 2.21. The number of rotatable bonds is 7. The van der Waals surface area contributed by atoms with Gasteiger partial charge in [0.25, 0.3) is 0 Å². The summed E-state index contributed by atoms with van der Waals surface area (Å²) in [7, 11) is 0. The van der Waals surface area contributed by atoms with E-state index >= 15 is 0 Å². The van der Waals surface area contributed by atoms with E-state index in [-0.39, 0.29) is 5.91 Å². The van der Waals surface area contributed by atoms with Crippen molar-refractivity contribution in [3.63, 3.8) is 0 Å². The van der Waals surface area contributed by atoms with Crippen LogP contribution in [0.15, 0.2) is 30.3 Å². The fourth-order valence-corrected chi connectivity index (χ4v) is 2.28. The van der Waals surface area contributed by atoms with Gasteiger partial charge in [-0.2, -0.15) is 11.8 Å². The van der Waals surface area contributed by atoms with Crippen LogP contribution in [-0.2, 0) is 11.2 Å². The number of carbonyl (C=O) groups excluding carboxylic acids is 1. The Kier molecular flexibility index (Phi) is 6.38. The van der Waals surface area contributed by atoms with Crippen molar-refractivity contribution < 1.29 is 9.90 Å². The molecule has 0 spiro atoms.